The zero-order chi connectivity index (χ0) is 29.0. The van der Waals surface area contributed by atoms with E-state index in [1.165, 1.54) is 10.1 Å². The van der Waals surface area contributed by atoms with Gasteiger partial charge in [-0.15, -0.1) is 22.7 Å². The molecule has 1 aliphatic rings. The average molecular weight is 605 g/mol. The van der Waals surface area contributed by atoms with Crippen molar-refractivity contribution in [1.29, 1.82) is 0 Å². The van der Waals surface area contributed by atoms with Gasteiger partial charge in [-0.2, -0.15) is 0 Å². The van der Waals surface area contributed by atoms with Crippen LogP contribution in [0, 0.1) is 0 Å². The van der Waals surface area contributed by atoms with E-state index in [1.54, 1.807) is 28.9 Å². The summed E-state index contributed by atoms with van der Waals surface area (Å²) in [6.45, 7) is 0. The van der Waals surface area contributed by atoms with E-state index in [4.69, 9.17) is 13.6 Å². The van der Waals surface area contributed by atoms with Crippen molar-refractivity contribution in [2.24, 2.45) is 0 Å². The van der Waals surface area contributed by atoms with Crippen molar-refractivity contribution < 1.29 is 13.6 Å². The predicted molar refractivity (Wildman–Crippen MR) is 183 cm³/mol. The zero-order valence-electron chi connectivity index (χ0n) is 23.4. The molecule has 0 radical (unpaired) electrons. The van der Waals surface area contributed by atoms with Crippen molar-refractivity contribution in [2.45, 2.75) is 6.10 Å². The maximum atomic E-state index is 6.70. The van der Waals surface area contributed by atoms with Gasteiger partial charge in [-0.25, -0.2) is 0 Å². The lowest BCUT2D eigenvalue weighted by molar-refractivity contribution is 0.187. The van der Waals surface area contributed by atoms with Crippen LogP contribution in [0.15, 0.2) is 148 Å². The number of thiophene rings is 2. The summed E-state index contributed by atoms with van der Waals surface area (Å²) in [5.74, 6) is 1.65. The Bertz CT molecular complexity index is 2310. The van der Waals surface area contributed by atoms with Gasteiger partial charge < -0.3 is 13.6 Å². The fraction of sp³-hybridized carbons (Fsp3) is 0.0256. The lowest BCUT2D eigenvalue weighted by Gasteiger charge is -2.24. The Hall–Kier alpha value is -5.10. The van der Waals surface area contributed by atoms with Gasteiger partial charge in [0, 0.05) is 58.4 Å². The van der Waals surface area contributed by atoms with Crippen LogP contribution in [-0.2, 0) is 4.74 Å². The van der Waals surface area contributed by atoms with Crippen LogP contribution in [0.3, 0.4) is 0 Å². The highest BCUT2D eigenvalue weighted by atomic mass is 32.1. The van der Waals surface area contributed by atoms with Gasteiger partial charge in [0.2, 0.25) is 0 Å². The largest absolute Gasteiger partial charge is 0.489 e. The van der Waals surface area contributed by atoms with E-state index in [9.17, 15) is 0 Å². The van der Waals surface area contributed by atoms with E-state index >= 15 is 0 Å². The molecule has 0 amide bonds. The molecule has 0 N–H and O–H groups in total. The molecule has 44 heavy (non-hydrogen) atoms. The Morgan fingerprint density at radius 3 is 2.32 bits per heavy atom. The SMILES string of the molecule is C1=COC(c2cc(-c3cccs3)c(-c3cc4ccccc4o3)c(-c3cc4ccccc4s3)c2-c2occ3ccccc23)C=C1. The Labute approximate surface area is 261 Å². The van der Waals surface area contributed by atoms with Crippen LogP contribution in [-0.4, -0.2) is 0 Å². The van der Waals surface area contributed by atoms with Gasteiger partial charge in [-0.1, -0.05) is 72.8 Å². The minimum atomic E-state index is -0.296. The minimum absolute atomic E-state index is 0.296. The van der Waals surface area contributed by atoms with Gasteiger partial charge in [-0.05, 0) is 59.3 Å². The fourth-order valence-electron chi connectivity index (χ4n) is 6.26. The summed E-state index contributed by atoms with van der Waals surface area (Å²) in [7, 11) is 0. The summed E-state index contributed by atoms with van der Waals surface area (Å²) in [5.41, 5.74) is 6.15. The molecule has 0 spiro atoms. The van der Waals surface area contributed by atoms with Gasteiger partial charge in [0.15, 0.2) is 0 Å². The van der Waals surface area contributed by atoms with Crippen LogP contribution < -0.4 is 0 Å². The predicted octanol–water partition coefficient (Wildman–Crippen LogP) is 12.3. The minimum Gasteiger partial charge on any atom is -0.489 e. The van der Waals surface area contributed by atoms with E-state index in [0.29, 0.717) is 0 Å². The third kappa shape index (κ3) is 4.08. The molecule has 0 bridgehead atoms. The Balaban J connectivity index is 1.49. The molecule has 4 aromatic heterocycles. The number of rotatable bonds is 5. The Morgan fingerprint density at radius 1 is 0.659 bits per heavy atom. The molecule has 1 atom stereocenters. The summed E-state index contributed by atoms with van der Waals surface area (Å²) in [6, 6.07) is 36.2. The average Bonchev–Trinajstić information content (AvgIpc) is 3.89. The molecule has 5 heteroatoms. The molecule has 0 saturated heterocycles. The van der Waals surface area contributed by atoms with Crippen molar-refractivity contribution in [1.82, 2.24) is 0 Å². The summed E-state index contributed by atoms with van der Waals surface area (Å²) in [4.78, 5) is 2.31. The number of ether oxygens (including phenoxy) is 1. The highest BCUT2D eigenvalue weighted by molar-refractivity contribution is 7.22. The quantitative estimate of drug-likeness (QED) is 0.196. The van der Waals surface area contributed by atoms with Crippen molar-refractivity contribution >= 4 is 54.5 Å². The smallest absolute Gasteiger partial charge is 0.142 e. The van der Waals surface area contributed by atoms with Crippen molar-refractivity contribution in [3.63, 3.8) is 0 Å². The van der Waals surface area contributed by atoms with Crippen LogP contribution in [0.4, 0.5) is 0 Å². The first-order chi connectivity index (χ1) is 21.8. The number of allylic oxidation sites excluding steroid dienone is 2. The summed E-state index contributed by atoms with van der Waals surface area (Å²) in [6.07, 6.45) is 9.41. The van der Waals surface area contributed by atoms with Crippen LogP contribution >= 0.6 is 22.7 Å². The number of benzene rings is 4. The van der Waals surface area contributed by atoms with Gasteiger partial charge in [0.25, 0.3) is 0 Å². The van der Waals surface area contributed by atoms with E-state index in [-0.39, 0.29) is 6.10 Å². The Kier molecular flexibility index (Phi) is 5.93. The molecular formula is C39H24O3S2. The van der Waals surface area contributed by atoms with Gasteiger partial charge in [-0.3, -0.25) is 0 Å². The summed E-state index contributed by atoms with van der Waals surface area (Å²) >= 11 is 3.52. The third-order valence-corrected chi connectivity index (χ3v) is 10.3. The lowest BCUT2D eigenvalue weighted by Crippen LogP contribution is -2.05. The van der Waals surface area contributed by atoms with Gasteiger partial charge in [0.1, 0.15) is 23.2 Å². The number of furan rings is 2. The standard InChI is InChI=1S/C39H24O3S2/c1-4-13-27-26(12-1)23-41-39(27)37-28(31-15-7-8-18-40-31)22-29(34-17-9-19-43-34)36(32-20-24-10-2-5-14-30(24)42-32)38(37)35-21-25-11-3-6-16-33(25)44-35/h1-23,31H. The van der Waals surface area contributed by atoms with Crippen LogP contribution in [0.5, 0.6) is 0 Å². The third-order valence-electron chi connectivity index (χ3n) is 8.23. The monoisotopic (exact) mass is 604 g/mol. The van der Waals surface area contributed by atoms with E-state index in [0.717, 1.165) is 70.8 Å². The molecule has 0 aliphatic carbocycles. The first-order valence-electron chi connectivity index (χ1n) is 14.5. The second kappa shape index (κ2) is 10.3. The first-order valence-corrected chi connectivity index (χ1v) is 16.2. The number of hydrogen-bond donors (Lipinski definition) is 0. The first kappa shape index (κ1) is 25.4. The van der Waals surface area contributed by atoms with Crippen molar-refractivity contribution in [3.8, 4) is 43.5 Å². The van der Waals surface area contributed by atoms with Crippen LogP contribution in [0.2, 0.25) is 0 Å². The zero-order valence-corrected chi connectivity index (χ0v) is 25.0. The second-order valence-electron chi connectivity index (χ2n) is 10.8. The lowest BCUT2D eigenvalue weighted by atomic mass is 9.84. The summed E-state index contributed by atoms with van der Waals surface area (Å²) in [5, 5.41) is 6.52. The second-order valence-corrected chi connectivity index (χ2v) is 12.9. The molecule has 0 fully saturated rings. The van der Waals surface area contributed by atoms with Crippen molar-refractivity contribution in [2.75, 3.05) is 0 Å². The Morgan fingerprint density at radius 2 is 1.50 bits per heavy atom. The molecular weight excluding hydrogens is 581 g/mol. The number of fused-ring (bicyclic) bond motifs is 3. The molecule has 5 heterocycles. The molecule has 0 saturated carbocycles. The normalized spacial score (nSPS) is 14.6. The number of para-hydroxylation sites is 1. The molecule has 8 aromatic rings. The molecule has 4 aromatic carbocycles. The summed E-state index contributed by atoms with van der Waals surface area (Å²) < 4.78 is 20.8. The molecule has 1 unspecified atom stereocenters. The maximum Gasteiger partial charge on any atom is 0.142 e. The topological polar surface area (TPSA) is 35.5 Å². The van der Waals surface area contributed by atoms with E-state index < -0.39 is 0 Å². The van der Waals surface area contributed by atoms with Crippen LogP contribution in [0.25, 0.3) is 75.4 Å². The molecule has 1 aliphatic heterocycles. The van der Waals surface area contributed by atoms with Crippen LogP contribution in [0.1, 0.15) is 11.7 Å². The van der Waals surface area contributed by atoms with Gasteiger partial charge >= 0.3 is 0 Å². The fourth-order valence-corrected chi connectivity index (χ4v) is 8.13. The van der Waals surface area contributed by atoms with E-state index in [2.05, 4.69) is 102 Å². The molecule has 210 valence electrons. The highest BCUT2D eigenvalue weighted by Crippen LogP contribution is 2.54. The number of hydrogen-bond acceptors (Lipinski definition) is 5. The highest BCUT2D eigenvalue weighted by Gasteiger charge is 2.31. The maximum absolute atomic E-state index is 6.70. The van der Waals surface area contributed by atoms with Gasteiger partial charge in [0.05, 0.1) is 12.5 Å². The molecule has 9 rings (SSSR count). The van der Waals surface area contributed by atoms with Crippen molar-refractivity contribution in [3.05, 3.63) is 145 Å². The molecule has 3 nitrogen and oxygen atoms in total. The van der Waals surface area contributed by atoms with E-state index in [1.807, 2.05) is 30.5 Å².